The highest BCUT2D eigenvalue weighted by molar-refractivity contribution is 6.31. The van der Waals surface area contributed by atoms with Gasteiger partial charge < -0.3 is 5.11 Å². The molecule has 0 aromatic heterocycles. The molecule has 100 valence electrons. The van der Waals surface area contributed by atoms with Crippen molar-refractivity contribution in [2.24, 2.45) is 0 Å². The lowest BCUT2D eigenvalue weighted by atomic mass is 9.97. The minimum Gasteiger partial charge on any atom is -0.384 e. The Balaban J connectivity index is 2.33. The van der Waals surface area contributed by atoms with Gasteiger partial charge in [0.2, 0.25) is 0 Å². The monoisotopic (exact) mass is 278 g/mol. The van der Waals surface area contributed by atoms with Gasteiger partial charge in [-0.2, -0.15) is 0 Å². The number of rotatable bonds is 3. The van der Waals surface area contributed by atoms with Gasteiger partial charge in [0.15, 0.2) is 0 Å². The normalized spacial score (nSPS) is 12.7. The van der Waals surface area contributed by atoms with E-state index in [-0.39, 0.29) is 5.02 Å². The molecule has 0 spiro atoms. The standard InChI is InChI=1S/C16H16ClFO/c1-10(2)11-6-8-12(9-7-11)16(19)13-4-3-5-14(18)15(13)17/h3-10,16,19H,1-2H3. The fraction of sp³-hybridized carbons (Fsp3) is 0.250. The first kappa shape index (κ1) is 14.0. The van der Waals surface area contributed by atoms with E-state index in [9.17, 15) is 9.50 Å². The summed E-state index contributed by atoms with van der Waals surface area (Å²) in [6, 6.07) is 12.1. The van der Waals surface area contributed by atoms with Crippen molar-refractivity contribution in [3.05, 3.63) is 70.0 Å². The zero-order chi connectivity index (χ0) is 14.0. The lowest BCUT2D eigenvalue weighted by Gasteiger charge is -2.14. The average Bonchev–Trinajstić information content (AvgIpc) is 2.41. The highest BCUT2D eigenvalue weighted by atomic mass is 35.5. The van der Waals surface area contributed by atoms with E-state index in [1.165, 1.54) is 11.6 Å². The molecule has 1 nitrogen and oxygen atoms in total. The third-order valence-corrected chi connectivity index (χ3v) is 3.59. The molecule has 0 amide bonds. The molecule has 0 saturated heterocycles. The van der Waals surface area contributed by atoms with Gasteiger partial charge in [0, 0.05) is 5.56 Å². The van der Waals surface area contributed by atoms with E-state index < -0.39 is 11.9 Å². The van der Waals surface area contributed by atoms with E-state index in [1.807, 2.05) is 24.3 Å². The number of halogens is 2. The Kier molecular flexibility index (Phi) is 4.23. The maximum absolute atomic E-state index is 13.4. The van der Waals surface area contributed by atoms with Crippen LogP contribution in [0.25, 0.3) is 0 Å². The molecule has 0 bridgehead atoms. The van der Waals surface area contributed by atoms with Crippen molar-refractivity contribution in [1.29, 1.82) is 0 Å². The predicted octanol–water partition coefficient (Wildman–Crippen LogP) is 4.68. The van der Waals surface area contributed by atoms with Crippen molar-refractivity contribution in [2.75, 3.05) is 0 Å². The first-order valence-electron chi connectivity index (χ1n) is 6.22. The van der Waals surface area contributed by atoms with Crippen molar-refractivity contribution in [1.82, 2.24) is 0 Å². The lowest BCUT2D eigenvalue weighted by Crippen LogP contribution is -2.02. The van der Waals surface area contributed by atoms with Crippen LogP contribution >= 0.6 is 11.6 Å². The molecule has 3 heteroatoms. The van der Waals surface area contributed by atoms with Gasteiger partial charge >= 0.3 is 0 Å². The molecule has 0 fully saturated rings. The molecule has 19 heavy (non-hydrogen) atoms. The Bertz CT molecular complexity index is 563. The molecular formula is C16H16ClFO. The Morgan fingerprint density at radius 2 is 1.58 bits per heavy atom. The first-order valence-corrected chi connectivity index (χ1v) is 6.60. The van der Waals surface area contributed by atoms with Gasteiger partial charge in [-0.1, -0.05) is 61.8 Å². The van der Waals surface area contributed by atoms with E-state index in [4.69, 9.17) is 11.6 Å². The molecule has 2 aromatic carbocycles. The maximum Gasteiger partial charge on any atom is 0.142 e. The van der Waals surface area contributed by atoms with Gasteiger partial charge in [-0.15, -0.1) is 0 Å². The van der Waals surface area contributed by atoms with Gasteiger partial charge in [-0.05, 0) is 23.1 Å². The van der Waals surface area contributed by atoms with Crippen LogP contribution in [0.2, 0.25) is 5.02 Å². The smallest absolute Gasteiger partial charge is 0.142 e. The summed E-state index contributed by atoms with van der Waals surface area (Å²) in [5, 5.41) is 10.3. The molecule has 1 N–H and O–H groups in total. The summed E-state index contributed by atoms with van der Waals surface area (Å²) < 4.78 is 13.4. The summed E-state index contributed by atoms with van der Waals surface area (Å²) in [4.78, 5) is 0. The molecular weight excluding hydrogens is 263 g/mol. The van der Waals surface area contributed by atoms with Gasteiger partial charge in [-0.3, -0.25) is 0 Å². The zero-order valence-corrected chi connectivity index (χ0v) is 11.7. The fourth-order valence-electron chi connectivity index (χ4n) is 1.97. The molecule has 0 aliphatic carbocycles. The first-order chi connectivity index (χ1) is 9.00. The van der Waals surface area contributed by atoms with Crippen LogP contribution in [0.4, 0.5) is 4.39 Å². The third-order valence-electron chi connectivity index (χ3n) is 3.19. The summed E-state index contributed by atoms with van der Waals surface area (Å²) in [5.41, 5.74) is 2.29. The number of hydrogen-bond donors (Lipinski definition) is 1. The van der Waals surface area contributed by atoms with Crippen LogP contribution in [0.3, 0.4) is 0 Å². The fourth-order valence-corrected chi connectivity index (χ4v) is 2.20. The van der Waals surface area contributed by atoms with E-state index in [0.717, 1.165) is 0 Å². The van der Waals surface area contributed by atoms with Crippen LogP contribution in [0.15, 0.2) is 42.5 Å². The van der Waals surface area contributed by atoms with Gasteiger partial charge in [0.05, 0.1) is 5.02 Å². The van der Waals surface area contributed by atoms with Gasteiger partial charge in [0.1, 0.15) is 11.9 Å². The summed E-state index contributed by atoms with van der Waals surface area (Å²) in [6.07, 6.45) is -0.913. The highest BCUT2D eigenvalue weighted by Gasteiger charge is 2.16. The molecule has 2 rings (SSSR count). The van der Waals surface area contributed by atoms with Crippen molar-refractivity contribution in [3.63, 3.8) is 0 Å². The summed E-state index contributed by atoms with van der Waals surface area (Å²) >= 11 is 5.88. The zero-order valence-electron chi connectivity index (χ0n) is 10.9. The number of aliphatic hydroxyl groups excluding tert-OH is 1. The largest absolute Gasteiger partial charge is 0.384 e. The Labute approximate surface area is 117 Å². The quantitative estimate of drug-likeness (QED) is 0.864. The second kappa shape index (κ2) is 5.72. The Hall–Kier alpha value is -1.38. The highest BCUT2D eigenvalue weighted by Crippen LogP contribution is 2.30. The van der Waals surface area contributed by atoms with Crippen LogP contribution in [-0.4, -0.2) is 5.11 Å². The molecule has 1 unspecified atom stereocenters. The van der Waals surface area contributed by atoms with Crippen LogP contribution in [0, 0.1) is 5.82 Å². The van der Waals surface area contributed by atoms with Crippen molar-refractivity contribution in [3.8, 4) is 0 Å². The van der Waals surface area contributed by atoms with Gasteiger partial charge in [-0.25, -0.2) is 4.39 Å². The third kappa shape index (κ3) is 2.96. The van der Waals surface area contributed by atoms with Crippen molar-refractivity contribution < 1.29 is 9.50 Å². The summed E-state index contributed by atoms with van der Waals surface area (Å²) in [7, 11) is 0. The van der Waals surface area contributed by atoms with E-state index >= 15 is 0 Å². The summed E-state index contributed by atoms with van der Waals surface area (Å²) in [5.74, 6) is -0.0824. The number of hydrogen-bond acceptors (Lipinski definition) is 1. The maximum atomic E-state index is 13.4. The van der Waals surface area contributed by atoms with E-state index in [0.29, 0.717) is 17.0 Å². The van der Waals surface area contributed by atoms with Crippen LogP contribution in [-0.2, 0) is 0 Å². The minimum absolute atomic E-state index is 0.0251. The topological polar surface area (TPSA) is 20.2 Å². The average molecular weight is 279 g/mol. The van der Waals surface area contributed by atoms with E-state index in [1.54, 1.807) is 12.1 Å². The van der Waals surface area contributed by atoms with Crippen LogP contribution < -0.4 is 0 Å². The summed E-state index contributed by atoms with van der Waals surface area (Å²) in [6.45, 7) is 4.21. The molecule has 0 saturated carbocycles. The van der Waals surface area contributed by atoms with Crippen molar-refractivity contribution in [2.45, 2.75) is 25.9 Å². The number of benzene rings is 2. The van der Waals surface area contributed by atoms with Crippen LogP contribution in [0.5, 0.6) is 0 Å². The predicted molar refractivity (Wildman–Crippen MR) is 76.0 cm³/mol. The molecule has 0 aliphatic rings. The second-order valence-electron chi connectivity index (χ2n) is 4.87. The Morgan fingerprint density at radius 1 is 1.00 bits per heavy atom. The Morgan fingerprint density at radius 3 is 2.16 bits per heavy atom. The molecule has 0 aliphatic heterocycles. The molecule has 0 radical (unpaired) electrons. The minimum atomic E-state index is -0.913. The van der Waals surface area contributed by atoms with E-state index in [2.05, 4.69) is 13.8 Å². The van der Waals surface area contributed by atoms with Crippen molar-refractivity contribution >= 4 is 11.6 Å². The lowest BCUT2D eigenvalue weighted by molar-refractivity contribution is 0.220. The van der Waals surface area contributed by atoms with Gasteiger partial charge in [0.25, 0.3) is 0 Å². The van der Waals surface area contributed by atoms with Crippen LogP contribution in [0.1, 0.15) is 42.6 Å². The number of aliphatic hydroxyl groups is 1. The second-order valence-corrected chi connectivity index (χ2v) is 5.24. The molecule has 1 atom stereocenters. The molecule has 0 heterocycles. The molecule has 2 aromatic rings. The SMILES string of the molecule is CC(C)c1ccc(C(O)c2cccc(F)c2Cl)cc1.